The molecule has 3 nitrogen and oxygen atoms in total. The Hall–Kier alpha value is -1.07. The van der Waals surface area contributed by atoms with Gasteiger partial charge in [0, 0.05) is 18.9 Å². The van der Waals surface area contributed by atoms with E-state index >= 15 is 0 Å². The maximum Gasteiger partial charge on any atom is 0.389 e. The van der Waals surface area contributed by atoms with E-state index in [0.717, 1.165) is 0 Å². The second-order valence-corrected chi connectivity index (χ2v) is 3.39. The first-order valence-electron chi connectivity index (χ1n) is 4.61. The van der Waals surface area contributed by atoms with Crippen LogP contribution >= 0.6 is 0 Å². The van der Waals surface area contributed by atoms with Crippen molar-refractivity contribution in [3.05, 3.63) is 0 Å². The lowest BCUT2D eigenvalue weighted by atomic mass is 10.0. The number of carbonyl (C=O) groups is 2. The van der Waals surface area contributed by atoms with Gasteiger partial charge in [0.2, 0.25) is 6.41 Å². The SMILES string of the molecule is CC(=O)CC(CCCC(F)(F)F)NC=O. The summed E-state index contributed by atoms with van der Waals surface area (Å²) in [5, 5.41) is 2.33. The van der Waals surface area contributed by atoms with Gasteiger partial charge in [0.15, 0.2) is 0 Å². The van der Waals surface area contributed by atoms with Crippen LogP contribution in [0.2, 0.25) is 0 Å². The highest BCUT2D eigenvalue weighted by atomic mass is 19.4. The predicted octanol–water partition coefficient (Wildman–Crippen LogP) is 1.81. The molecule has 0 aliphatic rings. The number of nitrogens with one attached hydrogen (secondary N) is 1. The molecular formula is C9H14F3NO2. The lowest BCUT2D eigenvalue weighted by Crippen LogP contribution is -2.30. The first-order valence-corrected chi connectivity index (χ1v) is 4.61. The van der Waals surface area contributed by atoms with Crippen molar-refractivity contribution in [2.45, 2.75) is 44.8 Å². The zero-order chi connectivity index (χ0) is 11.9. The maximum atomic E-state index is 11.8. The van der Waals surface area contributed by atoms with E-state index in [2.05, 4.69) is 5.32 Å². The Kier molecular flexibility index (Phi) is 5.96. The van der Waals surface area contributed by atoms with Gasteiger partial charge in [-0.3, -0.25) is 9.59 Å². The van der Waals surface area contributed by atoms with Crippen LogP contribution < -0.4 is 5.32 Å². The van der Waals surface area contributed by atoms with Crippen LogP contribution in [0, 0.1) is 0 Å². The molecule has 0 aliphatic heterocycles. The zero-order valence-corrected chi connectivity index (χ0v) is 8.43. The number of amides is 1. The van der Waals surface area contributed by atoms with Gasteiger partial charge in [-0.1, -0.05) is 0 Å². The van der Waals surface area contributed by atoms with Crippen LogP contribution in [-0.4, -0.2) is 24.4 Å². The molecule has 1 unspecified atom stereocenters. The van der Waals surface area contributed by atoms with Crippen LogP contribution in [0.25, 0.3) is 0 Å². The standard InChI is InChI=1S/C9H14F3NO2/c1-7(15)5-8(13-6-14)3-2-4-9(10,11)12/h6,8H,2-5H2,1H3,(H,13,14). The Morgan fingerprint density at radius 1 is 1.47 bits per heavy atom. The van der Waals surface area contributed by atoms with Crippen molar-refractivity contribution in [3.8, 4) is 0 Å². The number of halogens is 3. The summed E-state index contributed by atoms with van der Waals surface area (Å²) in [7, 11) is 0. The smallest absolute Gasteiger partial charge is 0.356 e. The molecule has 0 radical (unpaired) electrons. The minimum Gasteiger partial charge on any atom is -0.356 e. The highest BCUT2D eigenvalue weighted by Crippen LogP contribution is 2.22. The van der Waals surface area contributed by atoms with Gasteiger partial charge in [0.1, 0.15) is 5.78 Å². The van der Waals surface area contributed by atoms with Gasteiger partial charge in [0.05, 0.1) is 0 Å². The first-order chi connectivity index (χ1) is 6.85. The Morgan fingerprint density at radius 3 is 2.47 bits per heavy atom. The molecule has 0 rings (SSSR count). The summed E-state index contributed by atoms with van der Waals surface area (Å²) in [6.45, 7) is 1.34. The second-order valence-electron chi connectivity index (χ2n) is 3.39. The Morgan fingerprint density at radius 2 is 2.07 bits per heavy atom. The minimum absolute atomic E-state index is 0.0800. The van der Waals surface area contributed by atoms with E-state index in [1.54, 1.807) is 0 Å². The first kappa shape index (κ1) is 13.9. The van der Waals surface area contributed by atoms with Gasteiger partial charge in [-0.25, -0.2) is 0 Å². The normalized spacial score (nSPS) is 13.3. The van der Waals surface area contributed by atoms with Gasteiger partial charge in [-0.15, -0.1) is 0 Å². The highest BCUT2D eigenvalue weighted by Gasteiger charge is 2.26. The molecule has 6 heteroatoms. The molecule has 0 spiro atoms. The monoisotopic (exact) mass is 225 g/mol. The van der Waals surface area contributed by atoms with E-state index in [1.165, 1.54) is 6.92 Å². The van der Waals surface area contributed by atoms with E-state index in [1.807, 2.05) is 0 Å². The van der Waals surface area contributed by atoms with Crippen LogP contribution in [0.4, 0.5) is 13.2 Å². The topological polar surface area (TPSA) is 46.2 Å². The van der Waals surface area contributed by atoms with E-state index in [0.29, 0.717) is 6.41 Å². The van der Waals surface area contributed by atoms with Crippen LogP contribution in [0.15, 0.2) is 0 Å². The largest absolute Gasteiger partial charge is 0.389 e. The third kappa shape index (κ3) is 9.24. The Bertz CT molecular complexity index is 216. The van der Waals surface area contributed by atoms with E-state index in [4.69, 9.17) is 0 Å². The van der Waals surface area contributed by atoms with Gasteiger partial charge in [-0.2, -0.15) is 13.2 Å². The van der Waals surface area contributed by atoms with Crippen LogP contribution in [-0.2, 0) is 9.59 Å². The van der Waals surface area contributed by atoms with Crippen molar-refractivity contribution < 1.29 is 22.8 Å². The van der Waals surface area contributed by atoms with Crippen molar-refractivity contribution in [2.24, 2.45) is 0 Å². The van der Waals surface area contributed by atoms with Crippen molar-refractivity contribution in [1.82, 2.24) is 5.32 Å². The average Bonchev–Trinajstić information content (AvgIpc) is 2.00. The quantitative estimate of drug-likeness (QED) is 0.672. The molecule has 0 bridgehead atoms. The number of alkyl halides is 3. The fourth-order valence-electron chi connectivity index (χ4n) is 1.24. The number of rotatable bonds is 7. The summed E-state index contributed by atoms with van der Waals surface area (Å²) >= 11 is 0. The van der Waals surface area contributed by atoms with Gasteiger partial charge >= 0.3 is 6.18 Å². The van der Waals surface area contributed by atoms with Crippen LogP contribution in [0.3, 0.4) is 0 Å². The third-order valence-electron chi connectivity index (χ3n) is 1.85. The summed E-state index contributed by atoms with van der Waals surface area (Å²) in [6.07, 6.45) is -4.50. The maximum absolute atomic E-state index is 11.8. The lowest BCUT2D eigenvalue weighted by Gasteiger charge is -2.14. The number of hydrogen-bond donors (Lipinski definition) is 1. The summed E-state index contributed by atoms with van der Waals surface area (Å²) in [5.74, 6) is -0.152. The summed E-state index contributed by atoms with van der Waals surface area (Å²) in [4.78, 5) is 20.8. The second kappa shape index (κ2) is 6.42. The number of ketones is 1. The molecule has 1 N–H and O–H groups in total. The van der Waals surface area contributed by atoms with Crippen molar-refractivity contribution in [1.29, 1.82) is 0 Å². The Balaban J connectivity index is 3.85. The molecule has 0 aromatic carbocycles. The Labute approximate surface area is 86.0 Å². The predicted molar refractivity (Wildman–Crippen MR) is 48.2 cm³/mol. The third-order valence-corrected chi connectivity index (χ3v) is 1.85. The van der Waals surface area contributed by atoms with Gasteiger partial charge in [0.25, 0.3) is 0 Å². The average molecular weight is 225 g/mol. The van der Waals surface area contributed by atoms with E-state index in [9.17, 15) is 22.8 Å². The van der Waals surface area contributed by atoms with E-state index < -0.39 is 18.6 Å². The van der Waals surface area contributed by atoms with E-state index in [-0.39, 0.29) is 25.0 Å². The lowest BCUT2D eigenvalue weighted by molar-refractivity contribution is -0.135. The minimum atomic E-state index is -4.18. The number of Topliss-reactive ketones (excluding diaryl/α,β-unsaturated/α-hetero) is 1. The molecule has 0 saturated carbocycles. The molecule has 0 fully saturated rings. The van der Waals surface area contributed by atoms with Crippen molar-refractivity contribution >= 4 is 12.2 Å². The summed E-state index contributed by atoms with van der Waals surface area (Å²) < 4.78 is 35.4. The van der Waals surface area contributed by atoms with Crippen molar-refractivity contribution in [3.63, 3.8) is 0 Å². The molecular weight excluding hydrogens is 211 g/mol. The molecule has 88 valence electrons. The molecule has 0 aromatic rings. The number of carbonyl (C=O) groups excluding carboxylic acids is 2. The number of hydrogen-bond acceptors (Lipinski definition) is 2. The zero-order valence-electron chi connectivity index (χ0n) is 8.43. The fourth-order valence-corrected chi connectivity index (χ4v) is 1.24. The van der Waals surface area contributed by atoms with Gasteiger partial charge in [-0.05, 0) is 19.8 Å². The van der Waals surface area contributed by atoms with Gasteiger partial charge < -0.3 is 5.32 Å². The summed E-state index contributed by atoms with van der Waals surface area (Å²) in [6, 6.07) is -0.484. The molecule has 0 aromatic heterocycles. The van der Waals surface area contributed by atoms with Crippen LogP contribution in [0.5, 0.6) is 0 Å². The van der Waals surface area contributed by atoms with Crippen molar-refractivity contribution in [2.75, 3.05) is 0 Å². The molecule has 15 heavy (non-hydrogen) atoms. The highest BCUT2D eigenvalue weighted by molar-refractivity contribution is 5.76. The molecule has 0 aliphatic carbocycles. The molecule has 0 heterocycles. The van der Waals surface area contributed by atoms with Crippen LogP contribution in [0.1, 0.15) is 32.6 Å². The fraction of sp³-hybridized carbons (Fsp3) is 0.778. The summed E-state index contributed by atoms with van der Waals surface area (Å²) in [5.41, 5.74) is 0. The molecule has 0 saturated heterocycles. The molecule has 1 atom stereocenters. The molecule has 1 amide bonds.